The molecule has 0 aliphatic rings. The third kappa shape index (κ3) is 4.18. The van der Waals surface area contributed by atoms with E-state index in [9.17, 15) is 8.42 Å². The third-order valence-corrected chi connectivity index (χ3v) is 6.20. The Kier molecular flexibility index (Phi) is 5.13. The number of hydrogen-bond acceptors (Lipinski definition) is 4. The van der Waals surface area contributed by atoms with Crippen LogP contribution in [0.25, 0.3) is 22.8 Å². The van der Waals surface area contributed by atoms with Crippen molar-refractivity contribution in [3.63, 3.8) is 0 Å². The fourth-order valence-electron chi connectivity index (χ4n) is 2.79. The average molecular weight is 425 g/mol. The first kappa shape index (κ1) is 19.2. The minimum atomic E-state index is -3.74. The van der Waals surface area contributed by atoms with Crippen molar-refractivity contribution in [3.8, 4) is 22.8 Å². The van der Waals surface area contributed by atoms with Crippen LogP contribution in [-0.2, 0) is 10.0 Å². The lowest BCUT2D eigenvalue weighted by atomic mass is 10.2. The number of rotatable bonds is 5. The minimum absolute atomic E-state index is 0.132. The van der Waals surface area contributed by atoms with E-state index in [0.717, 1.165) is 11.1 Å². The summed E-state index contributed by atoms with van der Waals surface area (Å²) >= 11 is 6.07. The fraction of sp³-hybridized carbons (Fsp3) is 0.0455. The highest BCUT2D eigenvalue weighted by Gasteiger charge is 2.16. The van der Waals surface area contributed by atoms with E-state index in [2.05, 4.69) is 9.71 Å². The van der Waals surface area contributed by atoms with E-state index in [-0.39, 0.29) is 4.90 Å². The van der Waals surface area contributed by atoms with Crippen LogP contribution in [0, 0.1) is 6.92 Å². The predicted octanol–water partition coefficient (Wildman–Crippen LogP) is 5.77. The maximum absolute atomic E-state index is 12.6. The number of benzene rings is 3. The summed E-state index contributed by atoms with van der Waals surface area (Å²) in [5, 5.41) is 0.499. The number of anilines is 1. The van der Waals surface area contributed by atoms with Crippen LogP contribution in [-0.4, -0.2) is 13.4 Å². The molecule has 0 fully saturated rings. The number of hydrogen-bond donors (Lipinski definition) is 1. The maximum Gasteiger partial charge on any atom is 0.261 e. The first-order valence-corrected chi connectivity index (χ1v) is 10.7. The van der Waals surface area contributed by atoms with Gasteiger partial charge in [-0.2, -0.15) is 0 Å². The van der Waals surface area contributed by atoms with E-state index in [1.165, 1.54) is 12.1 Å². The second-order valence-electron chi connectivity index (χ2n) is 6.49. The maximum atomic E-state index is 12.6. The number of sulfonamides is 1. The minimum Gasteiger partial charge on any atom is -0.436 e. The van der Waals surface area contributed by atoms with Crippen molar-refractivity contribution >= 4 is 27.3 Å². The topological polar surface area (TPSA) is 72.2 Å². The molecule has 0 unspecified atom stereocenters. The summed E-state index contributed by atoms with van der Waals surface area (Å²) in [5.41, 5.74) is 2.89. The Labute approximate surface area is 174 Å². The van der Waals surface area contributed by atoms with Gasteiger partial charge in [-0.15, -0.1) is 0 Å². The van der Waals surface area contributed by atoms with Crippen LogP contribution in [0.3, 0.4) is 0 Å². The van der Waals surface area contributed by atoms with Gasteiger partial charge in [0.2, 0.25) is 5.89 Å². The normalized spacial score (nSPS) is 11.4. The lowest BCUT2D eigenvalue weighted by Gasteiger charge is -2.09. The van der Waals surface area contributed by atoms with E-state index in [1.54, 1.807) is 36.5 Å². The second kappa shape index (κ2) is 7.73. The lowest BCUT2D eigenvalue weighted by Crippen LogP contribution is -2.12. The van der Waals surface area contributed by atoms with Gasteiger partial charge in [0.05, 0.1) is 16.8 Å². The number of aromatic nitrogens is 1. The average Bonchev–Trinajstić information content (AvgIpc) is 3.22. The van der Waals surface area contributed by atoms with Crippen molar-refractivity contribution in [2.45, 2.75) is 11.8 Å². The van der Waals surface area contributed by atoms with Crippen LogP contribution < -0.4 is 4.72 Å². The van der Waals surface area contributed by atoms with Crippen LogP contribution in [0.1, 0.15) is 5.56 Å². The fourth-order valence-corrected chi connectivity index (χ4v) is 4.02. The van der Waals surface area contributed by atoms with Crippen molar-refractivity contribution in [1.29, 1.82) is 0 Å². The molecule has 1 N–H and O–H groups in total. The Bertz CT molecular complexity index is 1250. The SMILES string of the molecule is Cc1ccc(NS(=O)(=O)c2ccc(-c3ncc(-c4ccccc4)o3)cc2)cc1Cl. The molecule has 5 nitrogen and oxygen atoms in total. The van der Waals surface area contributed by atoms with Crippen molar-refractivity contribution in [3.05, 3.63) is 89.6 Å². The highest BCUT2D eigenvalue weighted by atomic mass is 35.5. The molecule has 0 saturated heterocycles. The van der Waals surface area contributed by atoms with Crippen molar-refractivity contribution in [2.24, 2.45) is 0 Å². The molecular formula is C22H17ClN2O3S. The quantitative estimate of drug-likeness (QED) is 0.441. The molecule has 0 saturated carbocycles. The van der Waals surface area contributed by atoms with Crippen LogP contribution in [0.2, 0.25) is 5.02 Å². The number of halogens is 1. The van der Waals surface area contributed by atoms with Gasteiger partial charge >= 0.3 is 0 Å². The number of nitrogens with zero attached hydrogens (tertiary/aromatic N) is 1. The van der Waals surface area contributed by atoms with E-state index < -0.39 is 10.0 Å². The van der Waals surface area contributed by atoms with Gasteiger partial charge in [0.1, 0.15) is 0 Å². The summed E-state index contributed by atoms with van der Waals surface area (Å²) in [6, 6.07) is 21.0. The Morgan fingerprint density at radius 1 is 0.931 bits per heavy atom. The van der Waals surface area contributed by atoms with Crippen molar-refractivity contribution in [1.82, 2.24) is 4.98 Å². The number of nitrogens with one attached hydrogen (secondary N) is 1. The van der Waals surface area contributed by atoms with E-state index in [4.69, 9.17) is 16.0 Å². The van der Waals surface area contributed by atoms with Crippen LogP contribution in [0.15, 0.2) is 88.3 Å². The monoisotopic (exact) mass is 424 g/mol. The molecule has 0 radical (unpaired) electrons. The molecule has 4 aromatic rings. The van der Waals surface area contributed by atoms with Crippen molar-refractivity contribution < 1.29 is 12.8 Å². The molecule has 0 spiro atoms. The second-order valence-corrected chi connectivity index (χ2v) is 8.58. The highest BCUT2D eigenvalue weighted by molar-refractivity contribution is 7.92. The Morgan fingerprint density at radius 3 is 2.34 bits per heavy atom. The molecule has 4 rings (SSSR count). The molecule has 146 valence electrons. The van der Waals surface area contributed by atoms with E-state index >= 15 is 0 Å². The lowest BCUT2D eigenvalue weighted by molar-refractivity contribution is 0.588. The zero-order chi connectivity index (χ0) is 20.4. The molecule has 1 heterocycles. The van der Waals surface area contributed by atoms with Gasteiger partial charge in [-0.25, -0.2) is 13.4 Å². The van der Waals surface area contributed by atoms with E-state index in [1.807, 2.05) is 37.3 Å². The van der Waals surface area contributed by atoms with Gasteiger partial charge < -0.3 is 4.42 Å². The smallest absolute Gasteiger partial charge is 0.261 e. The standard InChI is InChI=1S/C22H17ClN2O3S/c1-15-7-10-18(13-20(15)23)25-29(26,27)19-11-8-17(9-12-19)22-24-14-21(28-22)16-5-3-2-4-6-16/h2-14,25H,1H3. The highest BCUT2D eigenvalue weighted by Crippen LogP contribution is 2.27. The first-order valence-electron chi connectivity index (χ1n) is 8.83. The Morgan fingerprint density at radius 2 is 1.66 bits per heavy atom. The Hall–Kier alpha value is -3.09. The summed E-state index contributed by atoms with van der Waals surface area (Å²) in [5.74, 6) is 1.07. The molecular weight excluding hydrogens is 408 g/mol. The van der Waals surface area contributed by atoms with Gasteiger partial charge in [-0.3, -0.25) is 4.72 Å². The number of aryl methyl sites for hydroxylation is 1. The molecule has 0 bridgehead atoms. The Balaban J connectivity index is 1.56. The van der Waals surface area contributed by atoms with Crippen LogP contribution in [0.5, 0.6) is 0 Å². The molecule has 3 aromatic carbocycles. The molecule has 7 heteroatoms. The molecule has 0 aliphatic heterocycles. The van der Waals surface area contributed by atoms with E-state index in [0.29, 0.717) is 27.9 Å². The zero-order valence-electron chi connectivity index (χ0n) is 15.5. The first-order chi connectivity index (χ1) is 13.9. The van der Waals surface area contributed by atoms with Gasteiger partial charge in [0, 0.05) is 16.1 Å². The van der Waals surface area contributed by atoms with Crippen LogP contribution in [0.4, 0.5) is 5.69 Å². The number of oxazole rings is 1. The molecule has 0 amide bonds. The van der Waals surface area contributed by atoms with Gasteiger partial charge in [-0.05, 0) is 48.9 Å². The summed E-state index contributed by atoms with van der Waals surface area (Å²) in [4.78, 5) is 4.43. The molecule has 29 heavy (non-hydrogen) atoms. The van der Waals surface area contributed by atoms with Gasteiger partial charge in [-0.1, -0.05) is 48.0 Å². The summed E-state index contributed by atoms with van der Waals surface area (Å²) in [6.45, 7) is 1.85. The third-order valence-electron chi connectivity index (χ3n) is 4.40. The summed E-state index contributed by atoms with van der Waals surface area (Å²) < 4.78 is 33.6. The summed E-state index contributed by atoms with van der Waals surface area (Å²) in [7, 11) is -3.74. The van der Waals surface area contributed by atoms with Gasteiger partial charge in [0.25, 0.3) is 10.0 Å². The van der Waals surface area contributed by atoms with Gasteiger partial charge in [0.15, 0.2) is 5.76 Å². The molecule has 0 aliphatic carbocycles. The summed E-state index contributed by atoms with van der Waals surface area (Å²) in [6.07, 6.45) is 1.65. The zero-order valence-corrected chi connectivity index (χ0v) is 17.0. The van der Waals surface area contributed by atoms with Crippen molar-refractivity contribution in [2.75, 3.05) is 4.72 Å². The molecule has 1 aromatic heterocycles. The van der Waals surface area contributed by atoms with Crippen LogP contribution >= 0.6 is 11.6 Å². The largest absolute Gasteiger partial charge is 0.436 e. The predicted molar refractivity (Wildman–Crippen MR) is 114 cm³/mol. The molecule has 0 atom stereocenters.